The molecule has 3 aromatic rings. The van der Waals surface area contributed by atoms with Gasteiger partial charge in [0.1, 0.15) is 11.8 Å². The third-order valence-corrected chi connectivity index (χ3v) is 8.25. The number of carbonyl (C=O) groups excluding carboxylic acids is 1. The molecule has 1 atom stereocenters. The highest BCUT2D eigenvalue weighted by Gasteiger charge is 2.29. The number of thioether (sulfide) groups is 1. The minimum Gasteiger partial charge on any atom is -0.497 e. The first kappa shape index (κ1) is 23.5. The lowest BCUT2D eigenvalue weighted by atomic mass is 10.1. The van der Waals surface area contributed by atoms with E-state index >= 15 is 0 Å². The fourth-order valence-corrected chi connectivity index (χ4v) is 6.30. The van der Waals surface area contributed by atoms with E-state index in [0.717, 1.165) is 31.6 Å². The summed E-state index contributed by atoms with van der Waals surface area (Å²) in [5.41, 5.74) is 1.87. The number of nitrogens with one attached hydrogen (secondary N) is 1. The summed E-state index contributed by atoms with van der Waals surface area (Å²) in [4.78, 5) is 16.6. The Hall–Kier alpha value is -2.14. The molecule has 0 spiro atoms. The molecule has 166 valence electrons. The fourth-order valence-electron chi connectivity index (χ4n) is 2.80. The topological polar surface area (TPSA) is 94.6 Å². The third-order valence-electron chi connectivity index (χ3n) is 4.58. The number of fused-ring (bicyclic) bond motifs is 1. The molecule has 0 aliphatic rings. The van der Waals surface area contributed by atoms with Crippen molar-refractivity contribution in [3.05, 3.63) is 48.0 Å². The lowest BCUT2D eigenvalue weighted by Gasteiger charge is -2.19. The Morgan fingerprint density at radius 1 is 1.16 bits per heavy atom. The Morgan fingerprint density at radius 3 is 2.48 bits per heavy atom. The van der Waals surface area contributed by atoms with Gasteiger partial charge in [0.2, 0.25) is 10.0 Å². The lowest BCUT2D eigenvalue weighted by molar-refractivity contribution is -0.143. The minimum atomic E-state index is -3.89. The number of rotatable bonds is 9. The van der Waals surface area contributed by atoms with Gasteiger partial charge in [-0.05, 0) is 41.8 Å². The first-order chi connectivity index (χ1) is 14.7. The standard InChI is InChI=1S/C21H24N2O5S3/c1-13(2)19(20(24)28-4)23-31(25,26)16-9-10-17-18(11-16)30-21(22-17)29-12-14-5-7-15(27-3)8-6-14/h5-11,13,19,23H,12H2,1-4H3/t19-/m1/s1. The van der Waals surface area contributed by atoms with E-state index in [1.807, 2.05) is 24.3 Å². The molecule has 10 heteroatoms. The maximum absolute atomic E-state index is 12.8. The van der Waals surface area contributed by atoms with E-state index in [-0.39, 0.29) is 10.8 Å². The van der Waals surface area contributed by atoms with Crippen molar-refractivity contribution in [3.8, 4) is 5.75 Å². The molecule has 7 nitrogen and oxygen atoms in total. The summed E-state index contributed by atoms with van der Waals surface area (Å²) >= 11 is 3.02. The van der Waals surface area contributed by atoms with Crippen LogP contribution >= 0.6 is 23.1 Å². The summed E-state index contributed by atoms with van der Waals surface area (Å²) in [7, 11) is -1.03. The Morgan fingerprint density at radius 2 is 1.87 bits per heavy atom. The predicted molar refractivity (Wildman–Crippen MR) is 123 cm³/mol. The number of hydrogen-bond donors (Lipinski definition) is 1. The second-order valence-electron chi connectivity index (χ2n) is 7.11. The number of esters is 1. The Kier molecular flexibility index (Phi) is 7.58. The number of methoxy groups -OCH3 is 2. The molecule has 31 heavy (non-hydrogen) atoms. The summed E-state index contributed by atoms with van der Waals surface area (Å²) in [6.45, 7) is 3.51. The normalized spacial score (nSPS) is 12.8. The molecule has 0 saturated carbocycles. The monoisotopic (exact) mass is 480 g/mol. The molecule has 1 N–H and O–H groups in total. The van der Waals surface area contributed by atoms with E-state index in [2.05, 4.69) is 9.71 Å². The molecule has 0 amide bonds. The fraction of sp³-hybridized carbons (Fsp3) is 0.333. The Balaban J connectivity index is 1.77. The van der Waals surface area contributed by atoms with E-state index in [1.165, 1.54) is 24.5 Å². The van der Waals surface area contributed by atoms with Crippen LogP contribution in [-0.2, 0) is 25.3 Å². The first-order valence-electron chi connectivity index (χ1n) is 9.50. The average Bonchev–Trinajstić information content (AvgIpc) is 3.18. The molecule has 0 aliphatic carbocycles. The van der Waals surface area contributed by atoms with Gasteiger partial charge in [0.25, 0.3) is 0 Å². The van der Waals surface area contributed by atoms with Gasteiger partial charge in [-0.3, -0.25) is 4.79 Å². The maximum atomic E-state index is 12.8. The molecule has 1 aromatic heterocycles. The van der Waals surface area contributed by atoms with Gasteiger partial charge in [0.05, 0.1) is 29.3 Å². The smallest absolute Gasteiger partial charge is 0.324 e. The van der Waals surface area contributed by atoms with E-state index in [4.69, 9.17) is 9.47 Å². The van der Waals surface area contributed by atoms with Crippen molar-refractivity contribution in [1.29, 1.82) is 0 Å². The van der Waals surface area contributed by atoms with Crippen LogP contribution in [0, 0.1) is 5.92 Å². The van der Waals surface area contributed by atoms with Crippen LogP contribution < -0.4 is 9.46 Å². The number of aromatic nitrogens is 1. The maximum Gasteiger partial charge on any atom is 0.324 e. The van der Waals surface area contributed by atoms with Crippen molar-refractivity contribution in [2.24, 2.45) is 5.92 Å². The molecule has 3 rings (SSSR count). The van der Waals surface area contributed by atoms with Crippen LogP contribution in [0.5, 0.6) is 5.75 Å². The van der Waals surface area contributed by atoms with Crippen molar-refractivity contribution in [2.75, 3.05) is 14.2 Å². The van der Waals surface area contributed by atoms with Crippen molar-refractivity contribution in [2.45, 2.75) is 34.9 Å². The van der Waals surface area contributed by atoms with Gasteiger partial charge in [-0.15, -0.1) is 11.3 Å². The van der Waals surface area contributed by atoms with Gasteiger partial charge < -0.3 is 9.47 Å². The molecule has 2 aromatic carbocycles. The van der Waals surface area contributed by atoms with Crippen LogP contribution in [0.1, 0.15) is 19.4 Å². The summed E-state index contributed by atoms with van der Waals surface area (Å²) in [6, 6.07) is 11.6. The zero-order valence-corrected chi connectivity index (χ0v) is 20.1. The first-order valence-corrected chi connectivity index (χ1v) is 12.8. The van der Waals surface area contributed by atoms with Gasteiger partial charge >= 0.3 is 5.97 Å². The summed E-state index contributed by atoms with van der Waals surface area (Å²) in [6.07, 6.45) is 0. The zero-order chi connectivity index (χ0) is 22.6. The highest BCUT2D eigenvalue weighted by Crippen LogP contribution is 2.33. The quantitative estimate of drug-likeness (QED) is 0.364. The summed E-state index contributed by atoms with van der Waals surface area (Å²) in [5, 5.41) is 0. The van der Waals surface area contributed by atoms with Crippen molar-refractivity contribution in [1.82, 2.24) is 9.71 Å². The minimum absolute atomic E-state index is 0.0879. The predicted octanol–water partition coefficient (Wildman–Crippen LogP) is 4.07. The number of nitrogens with zero attached hydrogens (tertiary/aromatic N) is 1. The molecular formula is C21H24N2O5S3. The number of benzene rings is 2. The van der Waals surface area contributed by atoms with E-state index < -0.39 is 22.0 Å². The molecular weight excluding hydrogens is 456 g/mol. The van der Waals surface area contributed by atoms with E-state index in [1.54, 1.807) is 44.9 Å². The number of thiazole rings is 1. The molecule has 0 radical (unpaired) electrons. The van der Waals surface area contributed by atoms with E-state index in [9.17, 15) is 13.2 Å². The van der Waals surface area contributed by atoms with Crippen molar-refractivity contribution >= 4 is 49.3 Å². The SMILES string of the molecule is COC(=O)[C@H](NS(=O)(=O)c1ccc2nc(SCc3ccc(OC)cc3)sc2c1)C(C)C. The highest BCUT2D eigenvalue weighted by molar-refractivity contribution is 8.00. The third kappa shape index (κ3) is 5.76. The van der Waals surface area contributed by atoms with Gasteiger partial charge in [0.15, 0.2) is 4.34 Å². The largest absolute Gasteiger partial charge is 0.497 e. The summed E-state index contributed by atoms with van der Waals surface area (Å²) in [5.74, 6) is 0.680. The Bertz CT molecular complexity index is 1160. The van der Waals surface area contributed by atoms with Crippen molar-refractivity contribution in [3.63, 3.8) is 0 Å². The number of hydrogen-bond acceptors (Lipinski definition) is 8. The number of ether oxygens (including phenoxy) is 2. The average molecular weight is 481 g/mol. The zero-order valence-electron chi connectivity index (χ0n) is 17.6. The number of sulfonamides is 1. The van der Waals surface area contributed by atoms with Gasteiger partial charge in [0, 0.05) is 5.75 Å². The van der Waals surface area contributed by atoms with Crippen LogP contribution in [0.25, 0.3) is 10.2 Å². The number of carbonyl (C=O) groups is 1. The molecule has 0 saturated heterocycles. The lowest BCUT2D eigenvalue weighted by Crippen LogP contribution is -2.44. The van der Waals surface area contributed by atoms with Crippen LogP contribution in [-0.4, -0.2) is 39.6 Å². The van der Waals surface area contributed by atoms with Crippen LogP contribution in [0.4, 0.5) is 0 Å². The van der Waals surface area contributed by atoms with Gasteiger partial charge in [-0.1, -0.05) is 37.7 Å². The second-order valence-corrected chi connectivity index (χ2v) is 11.1. The van der Waals surface area contributed by atoms with Crippen LogP contribution in [0.3, 0.4) is 0 Å². The molecule has 1 heterocycles. The van der Waals surface area contributed by atoms with Crippen LogP contribution in [0.2, 0.25) is 0 Å². The van der Waals surface area contributed by atoms with Crippen molar-refractivity contribution < 1.29 is 22.7 Å². The molecule has 0 fully saturated rings. The van der Waals surface area contributed by atoms with Crippen LogP contribution in [0.15, 0.2) is 51.7 Å². The summed E-state index contributed by atoms with van der Waals surface area (Å²) < 4.78 is 39.6. The highest BCUT2D eigenvalue weighted by atomic mass is 32.2. The molecule has 0 aliphatic heterocycles. The molecule has 0 bridgehead atoms. The van der Waals surface area contributed by atoms with Gasteiger partial charge in [-0.25, -0.2) is 13.4 Å². The second kappa shape index (κ2) is 9.99. The van der Waals surface area contributed by atoms with E-state index in [0.29, 0.717) is 0 Å². The Labute approximate surface area is 190 Å². The molecule has 0 unspecified atom stereocenters. The van der Waals surface area contributed by atoms with Gasteiger partial charge in [-0.2, -0.15) is 4.72 Å².